The number of rotatable bonds is 7. The van der Waals surface area contributed by atoms with Gasteiger partial charge < -0.3 is 4.74 Å². The molecule has 0 aliphatic heterocycles. The third kappa shape index (κ3) is 3.79. The lowest BCUT2D eigenvalue weighted by atomic mass is 10.1. The van der Waals surface area contributed by atoms with Crippen LogP contribution in [0.25, 0.3) is 0 Å². The van der Waals surface area contributed by atoms with E-state index in [-0.39, 0.29) is 17.3 Å². The Morgan fingerprint density at radius 3 is 2.61 bits per heavy atom. The summed E-state index contributed by atoms with van der Waals surface area (Å²) >= 11 is 1.12. The van der Waals surface area contributed by atoms with Crippen LogP contribution in [-0.2, 0) is 16.6 Å². The first-order valence-corrected chi connectivity index (χ1v) is 9.06. The first kappa shape index (κ1) is 17.2. The number of methoxy groups -OCH3 is 1. The molecule has 1 heterocycles. The molecule has 1 aromatic carbocycles. The molecule has 23 heavy (non-hydrogen) atoms. The van der Waals surface area contributed by atoms with E-state index in [2.05, 4.69) is 6.58 Å². The van der Waals surface area contributed by atoms with Gasteiger partial charge in [0.15, 0.2) is 4.21 Å². The van der Waals surface area contributed by atoms with Crippen LogP contribution >= 0.6 is 11.3 Å². The standard InChI is InChI=1S/C16H16N2O3S2/c1-3-9-18(12-14-6-4-13(11-17)5-7-14)23(19,20)16-15(21-2)8-10-22-16/h3-8,10H,1,9,12H2,2H3. The summed E-state index contributed by atoms with van der Waals surface area (Å²) < 4.78 is 32.3. The third-order valence-electron chi connectivity index (χ3n) is 3.16. The lowest BCUT2D eigenvalue weighted by molar-refractivity contribution is 0.399. The van der Waals surface area contributed by atoms with Crippen molar-refractivity contribution in [1.29, 1.82) is 5.26 Å². The van der Waals surface area contributed by atoms with Crippen LogP contribution in [0.3, 0.4) is 0 Å². The summed E-state index contributed by atoms with van der Waals surface area (Å²) in [6.45, 7) is 4.01. The first-order chi connectivity index (χ1) is 11.0. The van der Waals surface area contributed by atoms with Crippen molar-refractivity contribution < 1.29 is 13.2 Å². The van der Waals surface area contributed by atoms with Crippen LogP contribution in [0.15, 0.2) is 52.6 Å². The van der Waals surface area contributed by atoms with E-state index in [0.717, 1.165) is 16.9 Å². The predicted molar refractivity (Wildman–Crippen MR) is 89.8 cm³/mol. The zero-order chi connectivity index (χ0) is 16.9. The topological polar surface area (TPSA) is 70.4 Å². The summed E-state index contributed by atoms with van der Waals surface area (Å²) in [5.74, 6) is 0.337. The molecule has 0 atom stereocenters. The van der Waals surface area contributed by atoms with Crippen molar-refractivity contribution in [3.05, 3.63) is 59.5 Å². The van der Waals surface area contributed by atoms with Gasteiger partial charge in [-0.15, -0.1) is 17.9 Å². The largest absolute Gasteiger partial charge is 0.494 e. The van der Waals surface area contributed by atoms with E-state index in [0.29, 0.717) is 11.3 Å². The summed E-state index contributed by atoms with van der Waals surface area (Å²) in [5, 5.41) is 10.5. The zero-order valence-electron chi connectivity index (χ0n) is 12.6. The van der Waals surface area contributed by atoms with E-state index in [4.69, 9.17) is 10.00 Å². The van der Waals surface area contributed by atoms with Crippen LogP contribution in [0.5, 0.6) is 5.75 Å². The smallest absolute Gasteiger partial charge is 0.256 e. The normalized spacial score (nSPS) is 11.2. The number of thiophene rings is 1. The average molecular weight is 348 g/mol. The van der Waals surface area contributed by atoms with Crippen molar-refractivity contribution in [3.63, 3.8) is 0 Å². The van der Waals surface area contributed by atoms with Crippen molar-refractivity contribution in [2.75, 3.05) is 13.7 Å². The highest BCUT2D eigenvalue weighted by molar-refractivity contribution is 7.91. The molecule has 0 unspecified atom stereocenters. The molecule has 0 saturated carbocycles. The number of ether oxygens (including phenoxy) is 1. The van der Waals surface area contributed by atoms with Crippen molar-refractivity contribution >= 4 is 21.4 Å². The molecule has 0 amide bonds. The maximum absolute atomic E-state index is 12.8. The van der Waals surface area contributed by atoms with Gasteiger partial charge in [0.05, 0.1) is 18.7 Å². The van der Waals surface area contributed by atoms with Crippen LogP contribution in [0.1, 0.15) is 11.1 Å². The molecule has 120 valence electrons. The fourth-order valence-electron chi connectivity index (χ4n) is 2.02. The van der Waals surface area contributed by atoms with Crippen molar-refractivity contribution in [1.82, 2.24) is 4.31 Å². The molecule has 7 heteroatoms. The maximum Gasteiger partial charge on any atom is 0.256 e. The molecule has 0 N–H and O–H groups in total. The molecule has 2 aromatic rings. The van der Waals surface area contributed by atoms with E-state index in [1.807, 2.05) is 6.07 Å². The highest BCUT2D eigenvalue weighted by atomic mass is 32.2. The summed E-state index contributed by atoms with van der Waals surface area (Å²) in [5.41, 5.74) is 1.33. The van der Waals surface area contributed by atoms with E-state index >= 15 is 0 Å². The Morgan fingerprint density at radius 1 is 1.35 bits per heavy atom. The van der Waals surface area contributed by atoms with Gasteiger partial charge in [0, 0.05) is 13.1 Å². The Hall–Kier alpha value is -2.14. The zero-order valence-corrected chi connectivity index (χ0v) is 14.2. The second kappa shape index (κ2) is 7.42. The lowest BCUT2D eigenvalue weighted by Crippen LogP contribution is -2.30. The fourth-order valence-corrected chi connectivity index (χ4v) is 4.83. The highest BCUT2D eigenvalue weighted by Crippen LogP contribution is 2.32. The molecular weight excluding hydrogens is 332 g/mol. The SMILES string of the molecule is C=CCN(Cc1ccc(C#N)cc1)S(=O)(=O)c1sccc1OC. The predicted octanol–water partition coefficient (Wildman–Crippen LogP) is 3.01. The summed E-state index contributed by atoms with van der Waals surface area (Å²) in [6, 6.07) is 10.5. The highest BCUT2D eigenvalue weighted by Gasteiger charge is 2.28. The Morgan fingerprint density at radius 2 is 2.04 bits per heavy atom. The van der Waals surface area contributed by atoms with Gasteiger partial charge >= 0.3 is 0 Å². The van der Waals surface area contributed by atoms with Crippen molar-refractivity contribution in [2.45, 2.75) is 10.8 Å². The van der Waals surface area contributed by atoms with E-state index in [1.54, 1.807) is 41.8 Å². The quantitative estimate of drug-likeness (QED) is 0.721. The average Bonchev–Trinajstić information content (AvgIpc) is 3.04. The number of hydrogen-bond acceptors (Lipinski definition) is 5. The Balaban J connectivity index is 2.33. The van der Waals surface area contributed by atoms with Gasteiger partial charge in [-0.3, -0.25) is 0 Å². The minimum atomic E-state index is -3.69. The van der Waals surface area contributed by atoms with Crippen LogP contribution in [0.2, 0.25) is 0 Å². The number of benzene rings is 1. The molecule has 0 bridgehead atoms. The van der Waals surface area contributed by atoms with Gasteiger partial charge in [-0.05, 0) is 29.1 Å². The third-order valence-corrected chi connectivity index (χ3v) is 6.40. The minimum Gasteiger partial charge on any atom is -0.494 e. The Bertz CT molecular complexity index is 818. The molecule has 0 aliphatic carbocycles. The van der Waals surface area contributed by atoms with Crippen LogP contribution in [-0.4, -0.2) is 26.4 Å². The fraction of sp³-hybridized carbons (Fsp3) is 0.188. The molecular formula is C16H16N2O3S2. The van der Waals surface area contributed by atoms with Crippen LogP contribution in [0.4, 0.5) is 0 Å². The molecule has 0 radical (unpaired) electrons. The van der Waals surface area contributed by atoms with Crippen molar-refractivity contribution in [3.8, 4) is 11.8 Å². The van der Waals surface area contributed by atoms with Crippen LogP contribution < -0.4 is 4.74 Å². The Labute approximate surface area is 140 Å². The van der Waals surface area contributed by atoms with E-state index in [9.17, 15) is 8.42 Å². The van der Waals surface area contributed by atoms with E-state index < -0.39 is 10.0 Å². The summed E-state index contributed by atoms with van der Waals surface area (Å²) in [7, 11) is -2.24. The lowest BCUT2D eigenvalue weighted by Gasteiger charge is -2.20. The molecule has 0 saturated heterocycles. The monoisotopic (exact) mass is 348 g/mol. The number of nitriles is 1. The number of sulfonamides is 1. The van der Waals surface area contributed by atoms with Gasteiger partial charge in [0.2, 0.25) is 0 Å². The molecule has 1 aromatic heterocycles. The van der Waals surface area contributed by atoms with Crippen molar-refractivity contribution in [2.24, 2.45) is 0 Å². The number of hydrogen-bond donors (Lipinski definition) is 0. The van der Waals surface area contributed by atoms with Gasteiger partial charge in [-0.1, -0.05) is 18.2 Å². The van der Waals surface area contributed by atoms with E-state index in [1.165, 1.54) is 11.4 Å². The second-order valence-electron chi connectivity index (χ2n) is 4.67. The molecule has 0 spiro atoms. The molecule has 0 aliphatic rings. The summed E-state index contributed by atoms with van der Waals surface area (Å²) in [6.07, 6.45) is 1.54. The summed E-state index contributed by atoms with van der Waals surface area (Å²) in [4.78, 5) is 0. The number of nitrogens with zero attached hydrogens (tertiary/aromatic N) is 2. The molecule has 2 rings (SSSR count). The second-order valence-corrected chi connectivity index (χ2v) is 7.72. The van der Waals surface area contributed by atoms with Gasteiger partial charge in [-0.2, -0.15) is 9.57 Å². The molecule has 5 nitrogen and oxygen atoms in total. The first-order valence-electron chi connectivity index (χ1n) is 6.74. The van der Waals surface area contributed by atoms with Gasteiger partial charge in [0.25, 0.3) is 10.0 Å². The van der Waals surface area contributed by atoms with Gasteiger partial charge in [-0.25, -0.2) is 8.42 Å². The maximum atomic E-state index is 12.8. The molecule has 0 fully saturated rings. The minimum absolute atomic E-state index is 0.176. The Kier molecular flexibility index (Phi) is 5.55. The van der Waals surface area contributed by atoms with Crippen LogP contribution in [0, 0.1) is 11.3 Å². The van der Waals surface area contributed by atoms with Gasteiger partial charge in [0.1, 0.15) is 5.75 Å².